The summed E-state index contributed by atoms with van der Waals surface area (Å²) in [7, 11) is 1.73. The van der Waals surface area contributed by atoms with Crippen LogP contribution in [-0.2, 0) is 23.1 Å². The van der Waals surface area contributed by atoms with Crippen molar-refractivity contribution in [2.45, 2.75) is 37.8 Å². The van der Waals surface area contributed by atoms with Crippen LogP contribution in [0, 0.1) is 0 Å². The van der Waals surface area contributed by atoms with Gasteiger partial charge in [-0.1, -0.05) is 17.7 Å². The number of ether oxygens (including phenoxy) is 2. The number of carbonyl (C=O) groups excluding carboxylic acids is 1. The first-order chi connectivity index (χ1) is 15.0. The monoisotopic (exact) mass is 442 g/mol. The molecule has 1 unspecified atom stereocenters. The Bertz CT molecular complexity index is 1230. The van der Waals surface area contributed by atoms with E-state index < -0.39 is 6.23 Å². The molecule has 3 aromatic rings. The third-order valence-electron chi connectivity index (χ3n) is 5.41. The summed E-state index contributed by atoms with van der Waals surface area (Å²) < 4.78 is 14.6. The molecular formula is C20H19ClN6O4. The van der Waals surface area contributed by atoms with Gasteiger partial charge < -0.3 is 14.0 Å². The molecule has 0 radical (unpaired) electrons. The number of hydrogen-bond donors (Lipinski definition) is 0. The van der Waals surface area contributed by atoms with Gasteiger partial charge in [0.15, 0.2) is 17.5 Å². The number of halogens is 1. The predicted molar refractivity (Wildman–Crippen MR) is 112 cm³/mol. The molecule has 1 aliphatic carbocycles. The van der Waals surface area contributed by atoms with E-state index in [-0.39, 0.29) is 30.1 Å². The molecule has 10 nitrogen and oxygen atoms in total. The van der Waals surface area contributed by atoms with Crippen LogP contribution in [0.2, 0.25) is 5.02 Å². The second-order valence-corrected chi connectivity index (χ2v) is 7.98. The lowest BCUT2D eigenvalue weighted by molar-refractivity contribution is -0.125. The van der Waals surface area contributed by atoms with Gasteiger partial charge in [-0.05, 0) is 18.2 Å². The Kier molecular flexibility index (Phi) is 4.85. The summed E-state index contributed by atoms with van der Waals surface area (Å²) in [5.74, 6) is 0.990. The summed E-state index contributed by atoms with van der Waals surface area (Å²) in [5, 5.41) is 6.71. The number of aldehydes is 1. The van der Waals surface area contributed by atoms with Crippen LogP contribution in [0.15, 0.2) is 46.8 Å². The Morgan fingerprint density at radius 2 is 2.10 bits per heavy atom. The normalized spacial score (nSPS) is 22.7. The Hall–Kier alpha value is -3.40. The van der Waals surface area contributed by atoms with Gasteiger partial charge in [-0.25, -0.2) is 15.0 Å². The maximum atomic E-state index is 12.7. The Balaban J connectivity index is 1.27. The van der Waals surface area contributed by atoms with Gasteiger partial charge in [0.25, 0.3) is 5.56 Å². The van der Waals surface area contributed by atoms with Crippen LogP contribution in [0.4, 0.5) is 0 Å². The Morgan fingerprint density at radius 1 is 1.29 bits per heavy atom. The molecule has 31 heavy (non-hydrogen) atoms. The molecule has 11 heteroatoms. The molecule has 0 bridgehead atoms. The number of imidazole rings is 1. The van der Waals surface area contributed by atoms with Crippen LogP contribution in [0.1, 0.15) is 12.8 Å². The minimum atomic E-state index is -0.823. The van der Waals surface area contributed by atoms with Crippen molar-refractivity contribution in [3.63, 3.8) is 0 Å². The van der Waals surface area contributed by atoms with E-state index in [2.05, 4.69) is 15.1 Å². The molecule has 0 amide bonds. The van der Waals surface area contributed by atoms with Gasteiger partial charge >= 0.3 is 0 Å². The lowest BCUT2D eigenvalue weighted by atomic mass is 9.88. The van der Waals surface area contributed by atoms with E-state index in [0.717, 1.165) is 0 Å². The van der Waals surface area contributed by atoms with Crippen molar-refractivity contribution < 1.29 is 14.3 Å². The minimum Gasteiger partial charge on any atom is -0.490 e. The molecule has 5 rings (SSSR count). The maximum Gasteiger partial charge on any atom is 0.280 e. The number of benzene rings is 1. The van der Waals surface area contributed by atoms with E-state index in [9.17, 15) is 9.59 Å². The van der Waals surface area contributed by atoms with Gasteiger partial charge in [0.05, 0.1) is 12.4 Å². The maximum absolute atomic E-state index is 12.7. The highest BCUT2D eigenvalue weighted by atomic mass is 35.5. The van der Waals surface area contributed by atoms with Crippen LogP contribution in [0.5, 0.6) is 5.75 Å². The highest BCUT2D eigenvalue weighted by Crippen LogP contribution is 2.33. The highest BCUT2D eigenvalue weighted by molar-refractivity contribution is 6.30. The summed E-state index contributed by atoms with van der Waals surface area (Å²) in [6.07, 6.45) is 4.22. The van der Waals surface area contributed by atoms with E-state index in [4.69, 9.17) is 21.1 Å². The summed E-state index contributed by atoms with van der Waals surface area (Å²) in [5.41, 5.74) is 0.520. The number of hydrazone groups is 1. The summed E-state index contributed by atoms with van der Waals surface area (Å²) in [6.45, 7) is 0.0724. The number of fused-ring (bicyclic) bond motifs is 1. The molecule has 1 aromatic carbocycles. The molecule has 2 aromatic heterocycles. The summed E-state index contributed by atoms with van der Waals surface area (Å²) in [6, 6.07) is 7.25. The number of carbonyl (C=O) groups is 1. The van der Waals surface area contributed by atoms with E-state index in [1.807, 2.05) is 12.1 Å². The molecule has 0 spiro atoms. The number of nitrogens with zero attached hydrogens (tertiary/aromatic N) is 6. The van der Waals surface area contributed by atoms with Gasteiger partial charge in [-0.3, -0.25) is 14.2 Å². The predicted octanol–water partition coefficient (Wildman–Crippen LogP) is 1.56. The lowest BCUT2D eigenvalue weighted by Crippen LogP contribution is -2.50. The third-order valence-corrected chi connectivity index (χ3v) is 5.65. The Labute approximate surface area is 181 Å². The number of hydrogen-bond acceptors (Lipinski definition) is 8. The topological polar surface area (TPSA) is 104 Å². The van der Waals surface area contributed by atoms with Gasteiger partial charge in [0.1, 0.15) is 24.7 Å². The van der Waals surface area contributed by atoms with Crippen LogP contribution in [0.3, 0.4) is 0 Å². The molecule has 3 heterocycles. The first kappa shape index (κ1) is 19.6. The molecular weight excluding hydrogens is 424 g/mol. The van der Waals surface area contributed by atoms with E-state index in [1.165, 1.54) is 17.2 Å². The number of rotatable bonds is 6. The summed E-state index contributed by atoms with van der Waals surface area (Å²) >= 11 is 5.99. The molecule has 0 saturated heterocycles. The van der Waals surface area contributed by atoms with Crippen molar-refractivity contribution in [2.24, 2.45) is 12.1 Å². The van der Waals surface area contributed by atoms with Gasteiger partial charge in [-0.15, -0.1) is 5.10 Å². The van der Waals surface area contributed by atoms with Crippen molar-refractivity contribution in [1.29, 1.82) is 0 Å². The zero-order valence-corrected chi connectivity index (χ0v) is 17.3. The van der Waals surface area contributed by atoms with Crippen LogP contribution in [0.25, 0.3) is 11.2 Å². The van der Waals surface area contributed by atoms with Crippen LogP contribution >= 0.6 is 11.6 Å². The molecule has 160 valence electrons. The number of aryl methyl sites for hydroxylation is 1. The highest BCUT2D eigenvalue weighted by Gasteiger charge is 2.42. The summed E-state index contributed by atoms with van der Waals surface area (Å²) in [4.78, 5) is 32.5. The van der Waals surface area contributed by atoms with Crippen molar-refractivity contribution in [2.75, 3.05) is 0 Å². The number of aromatic nitrogens is 4. The third kappa shape index (κ3) is 3.63. The smallest absolute Gasteiger partial charge is 0.280 e. The van der Waals surface area contributed by atoms with Crippen molar-refractivity contribution in [1.82, 2.24) is 24.1 Å². The van der Waals surface area contributed by atoms with Crippen LogP contribution < -0.4 is 10.3 Å². The minimum absolute atomic E-state index is 0.00582. The average Bonchev–Trinajstić information content (AvgIpc) is 3.30. The lowest BCUT2D eigenvalue weighted by Gasteiger charge is -2.40. The van der Waals surface area contributed by atoms with E-state index in [1.54, 1.807) is 28.8 Å². The van der Waals surface area contributed by atoms with Gasteiger partial charge in [0, 0.05) is 24.9 Å². The first-order valence-corrected chi connectivity index (χ1v) is 10.2. The van der Waals surface area contributed by atoms with E-state index in [0.29, 0.717) is 41.1 Å². The first-order valence-electron chi connectivity index (χ1n) is 9.78. The standard InChI is InChI=1S/C20H19ClN6O4/c1-25-10-22-19-18(25)20(29)26(11-23-19)8-16-24-27(17(9-28)31-16)13-6-15(7-13)30-14-4-2-3-12(21)5-14/h2-5,9-11,13,15,17H,6-8H2,1H3. The molecule has 1 fully saturated rings. The Morgan fingerprint density at radius 3 is 2.87 bits per heavy atom. The fourth-order valence-corrected chi connectivity index (χ4v) is 3.94. The molecule has 1 saturated carbocycles. The second kappa shape index (κ2) is 7.69. The zero-order valence-electron chi connectivity index (χ0n) is 16.6. The quantitative estimate of drug-likeness (QED) is 0.533. The van der Waals surface area contributed by atoms with Crippen molar-refractivity contribution >= 4 is 34.9 Å². The average molecular weight is 443 g/mol. The fraction of sp³-hybridized carbons (Fsp3) is 0.350. The van der Waals surface area contributed by atoms with Crippen molar-refractivity contribution in [3.8, 4) is 5.75 Å². The van der Waals surface area contributed by atoms with Gasteiger partial charge in [-0.2, -0.15) is 0 Å². The second-order valence-electron chi connectivity index (χ2n) is 7.55. The molecule has 1 aliphatic heterocycles. The van der Waals surface area contributed by atoms with Crippen LogP contribution in [-0.4, -0.2) is 54.7 Å². The largest absolute Gasteiger partial charge is 0.490 e. The molecule has 0 N–H and O–H groups in total. The molecule has 1 atom stereocenters. The fourth-order valence-electron chi connectivity index (χ4n) is 3.76. The van der Waals surface area contributed by atoms with Gasteiger partial charge in [0.2, 0.25) is 12.1 Å². The van der Waals surface area contributed by atoms with E-state index >= 15 is 0 Å². The molecule has 2 aliphatic rings. The zero-order chi connectivity index (χ0) is 21.5. The SMILES string of the molecule is Cn1cnc2ncn(CC3=NN(C4CC(Oc5cccc(Cl)c5)C4)C(C=O)O3)c(=O)c21. The van der Waals surface area contributed by atoms with Crippen molar-refractivity contribution in [3.05, 3.63) is 52.3 Å².